The second-order valence-corrected chi connectivity index (χ2v) is 7.63. The molecule has 7 rings (SSSR count). The Labute approximate surface area is 210 Å². The van der Waals surface area contributed by atoms with E-state index in [9.17, 15) is 0 Å². The number of pyridine rings is 2. The van der Waals surface area contributed by atoms with Crippen LogP contribution < -0.4 is 9.72 Å². The fourth-order valence-electron chi connectivity index (χ4n) is 3.94. The van der Waals surface area contributed by atoms with Crippen LogP contribution in [0.5, 0.6) is 5.75 Å². The molecule has 3 aromatic heterocycles. The number of fused-ring (bicyclic) bond motifs is 6. The van der Waals surface area contributed by atoms with E-state index in [1.54, 1.807) is 6.20 Å². The Balaban J connectivity index is 0.000000140. The third kappa shape index (κ3) is 4.10. The molecule has 0 bridgehead atoms. The number of ether oxygens (including phenoxy) is 1. The van der Waals surface area contributed by atoms with E-state index in [0.717, 1.165) is 50.1 Å². The van der Waals surface area contributed by atoms with Crippen LogP contribution in [0.25, 0.3) is 44.6 Å². The number of nitrogens with zero attached hydrogens (tertiary/aromatic N) is 4. The van der Waals surface area contributed by atoms with Crippen LogP contribution in [0, 0.1) is 6.07 Å². The molecule has 0 fully saturated rings. The molecule has 4 heterocycles. The molecule has 0 saturated heterocycles. The van der Waals surface area contributed by atoms with Crippen molar-refractivity contribution < 1.29 is 24.8 Å². The fraction of sp³-hybridized carbons (Fsp3) is 0.0357. The van der Waals surface area contributed by atoms with E-state index in [1.165, 1.54) is 0 Å². The average molecular weight is 619 g/mol. The zero-order valence-electron chi connectivity index (χ0n) is 18.0. The van der Waals surface area contributed by atoms with Gasteiger partial charge >= 0.3 is 0 Å². The maximum atomic E-state index is 5.88. The van der Waals surface area contributed by atoms with Crippen molar-refractivity contribution in [2.24, 2.45) is 0 Å². The molecule has 0 unspecified atom stereocenters. The van der Waals surface area contributed by atoms with Crippen LogP contribution in [0.1, 0.15) is 5.56 Å². The van der Waals surface area contributed by atoms with E-state index < -0.39 is 0 Å². The molecule has 6 aromatic rings. The van der Waals surface area contributed by atoms with Gasteiger partial charge in [-0.05, 0) is 29.0 Å². The molecule has 6 heteroatoms. The Bertz CT molecular complexity index is 1550. The number of para-hydroxylation sites is 2. The summed E-state index contributed by atoms with van der Waals surface area (Å²) in [5, 5.41) is 2.22. The van der Waals surface area contributed by atoms with Gasteiger partial charge in [0.05, 0.1) is 12.3 Å². The van der Waals surface area contributed by atoms with Gasteiger partial charge in [-0.2, -0.15) is 0 Å². The van der Waals surface area contributed by atoms with Crippen molar-refractivity contribution in [1.82, 2.24) is 19.9 Å². The van der Waals surface area contributed by atoms with E-state index in [1.807, 2.05) is 72.9 Å². The summed E-state index contributed by atoms with van der Waals surface area (Å²) in [6.07, 6.45) is 3.64. The number of benzene rings is 3. The quantitative estimate of drug-likeness (QED) is 0.217. The van der Waals surface area contributed by atoms with Gasteiger partial charge in [0.2, 0.25) is 0 Å². The summed E-state index contributed by atoms with van der Waals surface area (Å²) in [5.41, 5.74) is 5.75. The van der Waals surface area contributed by atoms with E-state index in [0.29, 0.717) is 12.4 Å². The minimum Gasteiger partial charge on any atom is -0.505 e. The maximum Gasteiger partial charge on any atom is 0.111 e. The van der Waals surface area contributed by atoms with Gasteiger partial charge in [0.25, 0.3) is 0 Å². The van der Waals surface area contributed by atoms with E-state index in [4.69, 9.17) is 4.74 Å². The summed E-state index contributed by atoms with van der Waals surface area (Å²) in [4.78, 5) is 17.6. The van der Waals surface area contributed by atoms with Crippen LogP contribution in [0.3, 0.4) is 0 Å². The summed E-state index contributed by atoms with van der Waals surface area (Å²) in [7, 11) is 0. The number of hydrogen-bond acceptors (Lipinski definition) is 4. The summed E-state index contributed by atoms with van der Waals surface area (Å²) >= 11 is 0. The predicted octanol–water partition coefficient (Wildman–Crippen LogP) is 5.85. The van der Waals surface area contributed by atoms with Gasteiger partial charge in [0.1, 0.15) is 5.75 Å². The molecule has 167 valence electrons. The summed E-state index contributed by atoms with van der Waals surface area (Å²) < 4.78 is 5.88. The zero-order valence-corrected chi connectivity index (χ0v) is 20.4. The summed E-state index contributed by atoms with van der Waals surface area (Å²) in [6, 6.07) is 30.9. The van der Waals surface area contributed by atoms with Crippen LogP contribution in [-0.2, 0) is 26.7 Å². The minimum absolute atomic E-state index is 0. The van der Waals surface area contributed by atoms with Gasteiger partial charge in [-0.25, -0.2) is 0 Å². The van der Waals surface area contributed by atoms with Crippen LogP contribution in [0.4, 0.5) is 0 Å². The standard InChI is InChI=1S/C16H10NO.C12H8N3.Ir/c1-4-8-14-11(5-1)9-17-15-13-7-3-2-6-12(13)10-18-16(14)15;1-2-6-10-9(5-1)14-12(15-10)11-7-3-4-8-13-11;/h1-6,8-9H,10H2;1-8H;/q2*-1;. The van der Waals surface area contributed by atoms with Gasteiger partial charge < -0.3 is 19.7 Å². The molecule has 0 saturated carbocycles. The van der Waals surface area contributed by atoms with Gasteiger partial charge in [0, 0.05) is 49.0 Å². The summed E-state index contributed by atoms with van der Waals surface area (Å²) in [5.74, 6) is 1.57. The first kappa shape index (κ1) is 22.0. The second kappa shape index (κ2) is 9.56. The first-order valence-electron chi connectivity index (χ1n) is 10.7. The van der Waals surface area contributed by atoms with Crippen molar-refractivity contribution in [3.05, 3.63) is 109 Å². The number of hydrogen-bond donors (Lipinski definition) is 0. The van der Waals surface area contributed by atoms with E-state index >= 15 is 0 Å². The summed E-state index contributed by atoms with van der Waals surface area (Å²) in [6.45, 7) is 0.593. The predicted molar refractivity (Wildman–Crippen MR) is 129 cm³/mol. The number of aromatic nitrogens is 4. The second-order valence-electron chi connectivity index (χ2n) is 7.63. The molecule has 1 aliphatic rings. The van der Waals surface area contributed by atoms with Crippen molar-refractivity contribution >= 4 is 21.8 Å². The Kier molecular flexibility index (Phi) is 6.17. The van der Waals surface area contributed by atoms with Crippen molar-refractivity contribution in [2.75, 3.05) is 0 Å². The molecule has 0 atom stereocenters. The van der Waals surface area contributed by atoms with Gasteiger partial charge in [-0.15, -0.1) is 29.8 Å². The molecule has 0 amide bonds. The molecule has 34 heavy (non-hydrogen) atoms. The van der Waals surface area contributed by atoms with Crippen LogP contribution in [-0.4, -0.2) is 15.0 Å². The molecular weight excluding hydrogens is 601 g/mol. The monoisotopic (exact) mass is 619 g/mol. The Morgan fingerprint density at radius 2 is 1.71 bits per heavy atom. The molecule has 5 nitrogen and oxygen atoms in total. The number of imidazole rings is 1. The van der Waals surface area contributed by atoms with E-state index in [-0.39, 0.29) is 20.1 Å². The SMILES string of the molecule is [Ir].[c-]1cccc2c1-c1ncc3ccccc3c1OC2.c1ccc(-c2nc3ccccc3[n-]2)nc1. The molecule has 1 radical (unpaired) electrons. The Morgan fingerprint density at radius 1 is 0.853 bits per heavy atom. The Morgan fingerprint density at radius 3 is 2.59 bits per heavy atom. The van der Waals surface area contributed by atoms with Gasteiger partial charge in [0.15, 0.2) is 0 Å². The van der Waals surface area contributed by atoms with Gasteiger partial charge in [-0.1, -0.05) is 60.2 Å². The van der Waals surface area contributed by atoms with Crippen molar-refractivity contribution in [3.8, 4) is 28.5 Å². The normalized spacial score (nSPS) is 11.4. The molecule has 0 spiro atoms. The van der Waals surface area contributed by atoms with Crippen molar-refractivity contribution in [1.29, 1.82) is 0 Å². The fourth-order valence-corrected chi connectivity index (χ4v) is 3.94. The molecule has 0 aliphatic carbocycles. The van der Waals surface area contributed by atoms with Crippen LogP contribution in [0.15, 0.2) is 97.3 Å². The largest absolute Gasteiger partial charge is 0.505 e. The molecular formula is C28H18IrN4O-2. The Hall–Kier alpha value is -3.86. The first-order chi connectivity index (χ1) is 16.4. The third-order valence-electron chi connectivity index (χ3n) is 5.53. The zero-order chi connectivity index (χ0) is 22.0. The van der Waals surface area contributed by atoms with Crippen molar-refractivity contribution in [3.63, 3.8) is 0 Å². The topological polar surface area (TPSA) is 62.0 Å². The average Bonchev–Trinajstić information content (AvgIpc) is 3.34. The minimum atomic E-state index is 0. The van der Waals surface area contributed by atoms with Crippen molar-refractivity contribution in [2.45, 2.75) is 6.61 Å². The van der Waals surface area contributed by atoms with Crippen LogP contribution >= 0.6 is 0 Å². The van der Waals surface area contributed by atoms with Gasteiger partial charge in [-0.3, -0.25) is 4.98 Å². The smallest absolute Gasteiger partial charge is 0.111 e. The first-order valence-corrected chi connectivity index (χ1v) is 10.7. The molecule has 1 aliphatic heterocycles. The molecule has 0 N–H and O–H groups in total. The van der Waals surface area contributed by atoms with E-state index in [2.05, 4.69) is 44.2 Å². The number of rotatable bonds is 1. The van der Waals surface area contributed by atoms with Crippen LogP contribution in [0.2, 0.25) is 0 Å². The third-order valence-corrected chi connectivity index (χ3v) is 5.53. The molecule has 3 aromatic carbocycles. The maximum absolute atomic E-state index is 5.88.